The lowest BCUT2D eigenvalue weighted by Gasteiger charge is -2.55. The third-order valence-electron chi connectivity index (χ3n) is 6.04. The number of aliphatic imine (C=N–C) groups is 1. The zero-order valence-electron chi connectivity index (χ0n) is 16.6. The first kappa shape index (κ1) is 19.4. The molecule has 3 aliphatic rings. The lowest BCUT2D eigenvalue weighted by atomic mass is 9.57. The molecule has 26 heavy (non-hydrogen) atoms. The van der Waals surface area contributed by atoms with Gasteiger partial charge >= 0.3 is 0 Å². The highest BCUT2D eigenvalue weighted by Gasteiger charge is 2.59. The molecule has 0 spiro atoms. The van der Waals surface area contributed by atoms with Crippen LogP contribution in [0.15, 0.2) is 4.99 Å². The largest absolute Gasteiger partial charge is 0.377 e. The summed E-state index contributed by atoms with van der Waals surface area (Å²) in [5, 5.41) is 6.98. The number of amides is 1. The lowest BCUT2D eigenvalue weighted by Crippen LogP contribution is -2.68. The number of hydrogen-bond acceptors (Lipinski definition) is 4. The van der Waals surface area contributed by atoms with Crippen LogP contribution in [0.25, 0.3) is 0 Å². The molecule has 3 rings (SSSR count). The molecule has 3 fully saturated rings. The van der Waals surface area contributed by atoms with E-state index in [2.05, 4.69) is 29.5 Å². The van der Waals surface area contributed by atoms with Crippen molar-refractivity contribution in [1.82, 2.24) is 15.5 Å². The first-order valence-electron chi connectivity index (χ1n) is 9.88. The van der Waals surface area contributed by atoms with Crippen molar-refractivity contribution in [3.63, 3.8) is 0 Å². The number of hydrogen-bond donors (Lipinski definition) is 2. The number of carbonyl (C=O) groups is 1. The summed E-state index contributed by atoms with van der Waals surface area (Å²) in [4.78, 5) is 18.1. The first-order valence-corrected chi connectivity index (χ1v) is 9.88. The number of nitrogens with zero attached hydrogens (tertiary/aromatic N) is 2. The summed E-state index contributed by atoms with van der Waals surface area (Å²) >= 11 is 0. The van der Waals surface area contributed by atoms with E-state index in [4.69, 9.17) is 9.47 Å². The van der Waals surface area contributed by atoms with E-state index in [-0.39, 0.29) is 24.0 Å². The monoisotopic (exact) mass is 366 g/mol. The Morgan fingerprint density at radius 3 is 2.69 bits per heavy atom. The van der Waals surface area contributed by atoms with Crippen LogP contribution in [0, 0.1) is 11.3 Å². The van der Waals surface area contributed by atoms with Crippen LogP contribution in [0.2, 0.25) is 0 Å². The van der Waals surface area contributed by atoms with Crippen molar-refractivity contribution >= 4 is 11.9 Å². The predicted molar refractivity (Wildman–Crippen MR) is 101 cm³/mol. The van der Waals surface area contributed by atoms with Gasteiger partial charge in [-0.3, -0.25) is 4.79 Å². The highest BCUT2D eigenvalue weighted by atomic mass is 16.5. The highest BCUT2D eigenvalue weighted by molar-refractivity contribution is 5.85. The van der Waals surface area contributed by atoms with Gasteiger partial charge in [0.15, 0.2) is 5.96 Å². The Morgan fingerprint density at radius 2 is 2.00 bits per heavy atom. The van der Waals surface area contributed by atoms with Gasteiger partial charge in [0.05, 0.1) is 12.2 Å². The molecule has 0 aromatic carbocycles. The minimum Gasteiger partial charge on any atom is -0.377 e. The Hall–Kier alpha value is -1.34. The van der Waals surface area contributed by atoms with Crippen molar-refractivity contribution in [2.75, 3.05) is 40.4 Å². The van der Waals surface area contributed by atoms with Gasteiger partial charge in [0.2, 0.25) is 5.91 Å². The zero-order valence-corrected chi connectivity index (χ0v) is 16.6. The fourth-order valence-electron chi connectivity index (χ4n) is 4.38. The minimum atomic E-state index is -0.00466. The molecule has 0 radical (unpaired) electrons. The lowest BCUT2D eigenvalue weighted by molar-refractivity contribution is -0.127. The Labute approximate surface area is 156 Å². The van der Waals surface area contributed by atoms with Gasteiger partial charge in [-0.25, -0.2) is 4.99 Å². The number of fused-ring (bicyclic) bond motifs is 1. The molecule has 7 nitrogen and oxygen atoms in total. The quantitative estimate of drug-likeness (QED) is 0.561. The zero-order chi connectivity index (χ0) is 18.7. The van der Waals surface area contributed by atoms with E-state index in [9.17, 15) is 4.79 Å². The molecule has 7 heteroatoms. The van der Waals surface area contributed by atoms with Gasteiger partial charge in [-0.1, -0.05) is 13.8 Å². The average molecular weight is 367 g/mol. The number of ether oxygens (including phenoxy) is 2. The number of guanidine groups is 1. The Kier molecular flexibility index (Phi) is 6.07. The first-order chi connectivity index (χ1) is 12.4. The van der Waals surface area contributed by atoms with Gasteiger partial charge in [0.1, 0.15) is 6.54 Å². The van der Waals surface area contributed by atoms with Crippen LogP contribution in [0.4, 0.5) is 0 Å². The smallest absolute Gasteiger partial charge is 0.243 e. The Balaban J connectivity index is 1.62. The van der Waals surface area contributed by atoms with Crippen LogP contribution in [0.5, 0.6) is 0 Å². The van der Waals surface area contributed by atoms with E-state index >= 15 is 0 Å². The molecule has 1 saturated carbocycles. The molecular formula is C19H34N4O3. The number of rotatable bonds is 5. The maximum atomic E-state index is 12.0. The number of nitrogens with one attached hydrogen (secondary N) is 2. The molecule has 4 atom stereocenters. The third-order valence-corrected chi connectivity index (χ3v) is 6.04. The molecule has 1 aliphatic carbocycles. The van der Waals surface area contributed by atoms with Crippen molar-refractivity contribution in [2.24, 2.45) is 16.3 Å². The van der Waals surface area contributed by atoms with Gasteiger partial charge in [-0.2, -0.15) is 0 Å². The van der Waals surface area contributed by atoms with Crippen molar-refractivity contribution in [1.29, 1.82) is 0 Å². The van der Waals surface area contributed by atoms with Crippen LogP contribution in [-0.2, 0) is 14.3 Å². The molecule has 4 unspecified atom stereocenters. The molecule has 2 aliphatic heterocycles. The van der Waals surface area contributed by atoms with Crippen LogP contribution < -0.4 is 10.6 Å². The third kappa shape index (κ3) is 4.14. The maximum Gasteiger partial charge on any atom is 0.243 e. The normalized spacial score (nSPS) is 33.2. The summed E-state index contributed by atoms with van der Waals surface area (Å²) in [7, 11) is 3.51. The highest BCUT2D eigenvalue weighted by Crippen LogP contribution is 2.52. The van der Waals surface area contributed by atoms with E-state index in [0.29, 0.717) is 24.0 Å². The van der Waals surface area contributed by atoms with E-state index < -0.39 is 0 Å². The van der Waals surface area contributed by atoms with Crippen LogP contribution in [0.1, 0.15) is 39.5 Å². The molecule has 2 heterocycles. The summed E-state index contributed by atoms with van der Waals surface area (Å²) in [6, 6.07) is 0.308. The van der Waals surface area contributed by atoms with Crippen LogP contribution in [-0.4, -0.2) is 75.4 Å². The predicted octanol–water partition coefficient (Wildman–Crippen LogP) is 0.992. The fraction of sp³-hybridized carbons (Fsp3) is 0.895. The standard InChI is InChI=1S/C19H34N4O3/c1-19(2)16(14-8-10-26-17(14)19)22-18(21-12-15(24)23(3)4)20-11-13-7-5-6-9-25-13/h13-14,16-17H,5-12H2,1-4H3,(H2,20,21,22). The van der Waals surface area contributed by atoms with E-state index in [1.54, 1.807) is 19.0 Å². The molecule has 0 aromatic rings. The molecule has 1 amide bonds. The summed E-state index contributed by atoms with van der Waals surface area (Å²) in [6.07, 6.45) is 5.06. The van der Waals surface area contributed by atoms with Crippen molar-refractivity contribution in [3.05, 3.63) is 0 Å². The summed E-state index contributed by atoms with van der Waals surface area (Å²) in [6.45, 7) is 7.02. The second-order valence-corrected chi connectivity index (χ2v) is 8.51. The van der Waals surface area contributed by atoms with Gasteiger partial charge < -0.3 is 25.0 Å². The molecule has 0 bridgehead atoms. The molecule has 148 valence electrons. The van der Waals surface area contributed by atoms with Gasteiger partial charge in [0, 0.05) is 51.2 Å². The Morgan fingerprint density at radius 1 is 1.19 bits per heavy atom. The molecule has 0 aromatic heterocycles. The van der Waals surface area contributed by atoms with Crippen molar-refractivity contribution < 1.29 is 14.3 Å². The SMILES string of the molecule is CN(C)C(=O)CN=C(NCC1CCCCO1)NC1C2CCOC2C1(C)C. The van der Waals surface area contributed by atoms with Crippen LogP contribution in [0.3, 0.4) is 0 Å². The van der Waals surface area contributed by atoms with Gasteiger partial charge in [0.25, 0.3) is 0 Å². The van der Waals surface area contributed by atoms with Crippen LogP contribution >= 0.6 is 0 Å². The Bertz CT molecular complexity index is 529. The van der Waals surface area contributed by atoms with Gasteiger partial charge in [-0.05, 0) is 25.7 Å². The van der Waals surface area contributed by atoms with E-state index in [0.717, 1.165) is 39.0 Å². The molecular weight excluding hydrogens is 332 g/mol. The second kappa shape index (κ2) is 8.13. The molecule has 2 N–H and O–H groups in total. The fourth-order valence-corrected chi connectivity index (χ4v) is 4.38. The summed E-state index contributed by atoms with van der Waals surface area (Å²) < 4.78 is 11.7. The maximum absolute atomic E-state index is 12.0. The van der Waals surface area contributed by atoms with E-state index in [1.165, 1.54) is 6.42 Å². The summed E-state index contributed by atoms with van der Waals surface area (Å²) in [5.74, 6) is 1.22. The van der Waals surface area contributed by atoms with Crippen molar-refractivity contribution in [3.8, 4) is 0 Å². The number of carbonyl (C=O) groups excluding carboxylic acids is 1. The summed E-state index contributed by atoms with van der Waals surface area (Å²) in [5.41, 5.74) is 0.0660. The minimum absolute atomic E-state index is 0.00466. The average Bonchev–Trinajstić information content (AvgIpc) is 3.08. The van der Waals surface area contributed by atoms with Gasteiger partial charge in [-0.15, -0.1) is 0 Å². The molecule has 2 saturated heterocycles. The van der Waals surface area contributed by atoms with E-state index in [1.807, 2.05) is 0 Å². The van der Waals surface area contributed by atoms with Crippen molar-refractivity contribution in [2.45, 2.75) is 57.8 Å². The number of likely N-dealkylation sites (N-methyl/N-ethyl adjacent to an activating group) is 1. The topological polar surface area (TPSA) is 75.2 Å². The second-order valence-electron chi connectivity index (χ2n) is 8.51.